The van der Waals surface area contributed by atoms with Crippen LogP contribution in [0.2, 0.25) is 0 Å². The molecule has 1 aromatic heterocycles. The molecule has 1 saturated heterocycles. The third kappa shape index (κ3) is 4.57. The minimum absolute atomic E-state index is 0.00135. The van der Waals surface area contributed by atoms with Crippen molar-refractivity contribution in [3.8, 4) is 0 Å². The number of hydrogen-bond acceptors (Lipinski definition) is 5. The van der Waals surface area contributed by atoms with Crippen LogP contribution in [-0.2, 0) is 9.53 Å². The van der Waals surface area contributed by atoms with E-state index < -0.39 is 0 Å². The number of nitrogens with zero attached hydrogens (tertiary/aromatic N) is 2. The van der Waals surface area contributed by atoms with E-state index in [2.05, 4.69) is 5.32 Å². The van der Waals surface area contributed by atoms with Crippen molar-refractivity contribution in [3.63, 3.8) is 0 Å². The van der Waals surface area contributed by atoms with Crippen molar-refractivity contribution < 1.29 is 18.7 Å². The Morgan fingerprint density at radius 2 is 2.09 bits per heavy atom. The zero-order valence-corrected chi connectivity index (χ0v) is 13.1. The Labute approximate surface area is 130 Å². The van der Waals surface area contributed by atoms with Gasteiger partial charge in [0.15, 0.2) is 0 Å². The molecular weight excluding hydrogens is 286 g/mol. The van der Waals surface area contributed by atoms with Gasteiger partial charge in [-0.05, 0) is 13.0 Å². The van der Waals surface area contributed by atoms with Crippen molar-refractivity contribution in [1.29, 1.82) is 0 Å². The van der Waals surface area contributed by atoms with Gasteiger partial charge in [-0.15, -0.1) is 0 Å². The summed E-state index contributed by atoms with van der Waals surface area (Å²) in [5.41, 5.74) is 0.569. The summed E-state index contributed by atoms with van der Waals surface area (Å²) in [6.45, 7) is 5.37. The van der Waals surface area contributed by atoms with Crippen molar-refractivity contribution in [1.82, 2.24) is 15.1 Å². The van der Waals surface area contributed by atoms with E-state index in [1.807, 2.05) is 11.8 Å². The maximum Gasteiger partial charge on any atom is 0.257 e. The Hall–Kier alpha value is -1.86. The SMILES string of the molecule is COCC(C)NC(=O)CN1CCN(C(=O)c2ccoc2)CC1. The molecule has 22 heavy (non-hydrogen) atoms. The first-order chi connectivity index (χ1) is 10.6. The zero-order chi connectivity index (χ0) is 15.9. The maximum absolute atomic E-state index is 12.2. The molecule has 2 rings (SSSR count). The molecule has 0 bridgehead atoms. The minimum Gasteiger partial charge on any atom is -0.472 e. The first-order valence-electron chi connectivity index (χ1n) is 7.42. The number of nitrogens with one attached hydrogen (secondary N) is 1. The van der Waals surface area contributed by atoms with Crippen LogP contribution in [0.3, 0.4) is 0 Å². The molecule has 0 radical (unpaired) electrons. The Balaban J connectivity index is 1.73. The van der Waals surface area contributed by atoms with Crippen molar-refractivity contribution in [2.45, 2.75) is 13.0 Å². The molecule has 7 heteroatoms. The molecule has 1 unspecified atom stereocenters. The van der Waals surface area contributed by atoms with Gasteiger partial charge < -0.3 is 19.4 Å². The second-order valence-corrected chi connectivity index (χ2v) is 5.50. The summed E-state index contributed by atoms with van der Waals surface area (Å²) in [5, 5.41) is 2.89. The standard InChI is InChI=1S/C15H23N3O4/c1-12(10-21-2)16-14(19)9-17-4-6-18(7-5-17)15(20)13-3-8-22-11-13/h3,8,11-12H,4-7,9-10H2,1-2H3,(H,16,19). The quantitative estimate of drug-likeness (QED) is 0.812. The average Bonchev–Trinajstić information content (AvgIpc) is 3.01. The summed E-state index contributed by atoms with van der Waals surface area (Å²) in [7, 11) is 1.61. The summed E-state index contributed by atoms with van der Waals surface area (Å²) in [5.74, 6) is -0.0364. The zero-order valence-electron chi connectivity index (χ0n) is 13.1. The fourth-order valence-corrected chi connectivity index (χ4v) is 2.49. The van der Waals surface area contributed by atoms with Crippen LogP contribution in [0.4, 0.5) is 0 Å². The topological polar surface area (TPSA) is 75.0 Å². The predicted molar refractivity (Wildman–Crippen MR) is 80.5 cm³/mol. The molecule has 0 aromatic carbocycles. The van der Waals surface area contributed by atoms with Crippen molar-refractivity contribution in [3.05, 3.63) is 24.2 Å². The fourth-order valence-electron chi connectivity index (χ4n) is 2.49. The average molecular weight is 309 g/mol. The van der Waals surface area contributed by atoms with Crippen LogP contribution in [0, 0.1) is 0 Å². The van der Waals surface area contributed by atoms with Gasteiger partial charge in [0, 0.05) is 39.3 Å². The van der Waals surface area contributed by atoms with E-state index in [1.165, 1.54) is 12.5 Å². The molecule has 1 fully saturated rings. The Kier molecular flexibility index (Phi) is 5.97. The highest BCUT2D eigenvalue weighted by atomic mass is 16.5. The highest BCUT2D eigenvalue weighted by molar-refractivity contribution is 5.93. The number of piperazine rings is 1. The van der Waals surface area contributed by atoms with Crippen LogP contribution < -0.4 is 5.32 Å². The molecule has 1 N–H and O–H groups in total. The van der Waals surface area contributed by atoms with Crippen molar-refractivity contribution >= 4 is 11.8 Å². The number of ether oxygens (including phenoxy) is 1. The number of hydrogen-bond donors (Lipinski definition) is 1. The molecular formula is C15H23N3O4. The summed E-state index contributed by atoms with van der Waals surface area (Å²) in [6.07, 6.45) is 2.95. The van der Waals surface area contributed by atoms with Crippen molar-refractivity contribution in [2.75, 3.05) is 46.4 Å². The number of amides is 2. The molecule has 0 saturated carbocycles. The first-order valence-corrected chi connectivity index (χ1v) is 7.42. The van der Waals surface area contributed by atoms with Gasteiger partial charge in [0.2, 0.25) is 5.91 Å². The lowest BCUT2D eigenvalue weighted by Gasteiger charge is -2.34. The van der Waals surface area contributed by atoms with Crippen LogP contribution in [-0.4, -0.2) is 74.1 Å². The van der Waals surface area contributed by atoms with Crippen LogP contribution in [0.5, 0.6) is 0 Å². The fraction of sp³-hybridized carbons (Fsp3) is 0.600. The maximum atomic E-state index is 12.2. The van der Waals surface area contributed by atoms with Gasteiger partial charge in [0.05, 0.1) is 25.0 Å². The molecule has 1 atom stereocenters. The molecule has 1 aromatic rings. The smallest absolute Gasteiger partial charge is 0.257 e. The van der Waals surface area contributed by atoms with E-state index in [0.717, 1.165) is 0 Å². The van der Waals surface area contributed by atoms with Gasteiger partial charge in [-0.25, -0.2) is 0 Å². The van der Waals surface area contributed by atoms with Gasteiger partial charge in [-0.3, -0.25) is 14.5 Å². The number of carbonyl (C=O) groups excluding carboxylic acids is 2. The van der Waals surface area contributed by atoms with Crippen LogP contribution >= 0.6 is 0 Å². The van der Waals surface area contributed by atoms with E-state index in [-0.39, 0.29) is 17.9 Å². The van der Waals surface area contributed by atoms with Gasteiger partial charge in [0.1, 0.15) is 6.26 Å². The molecule has 2 amide bonds. The second kappa shape index (κ2) is 7.95. The van der Waals surface area contributed by atoms with E-state index in [0.29, 0.717) is 44.9 Å². The Morgan fingerprint density at radius 3 is 2.68 bits per heavy atom. The summed E-state index contributed by atoms with van der Waals surface area (Å²) in [6, 6.07) is 1.67. The van der Waals surface area contributed by atoms with Crippen molar-refractivity contribution in [2.24, 2.45) is 0 Å². The highest BCUT2D eigenvalue weighted by Crippen LogP contribution is 2.09. The van der Waals surface area contributed by atoms with Crippen LogP contribution in [0.25, 0.3) is 0 Å². The second-order valence-electron chi connectivity index (χ2n) is 5.50. The molecule has 1 aliphatic rings. The van der Waals surface area contributed by atoms with Gasteiger partial charge in [-0.1, -0.05) is 0 Å². The largest absolute Gasteiger partial charge is 0.472 e. The molecule has 0 spiro atoms. The van der Waals surface area contributed by atoms with E-state index in [9.17, 15) is 9.59 Å². The van der Waals surface area contributed by atoms with E-state index in [4.69, 9.17) is 9.15 Å². The third-order valence-electron chi connectivity index (χ3n) is 3.62. The molecule has 1 aliphatic heterocycles. The number of rotatable bonds is 6. The Bertz CT molecular complexity index is 481. The summed E-state index contributed by atoms with van der Waals surface area (Å²) in [4.78, 5) is 27.9. The summed E-state index contributed by atoms with van der Waals surface area (Å²) < 4.78 is 9.93. The van der Waals surface area contributed by atoms with Gasteiger partial charge >= 0.3 is 0 Å². The summed E-state index contributed by atoms with van der Waals surface area (Å²) >= 11 is 0. The lowest BCUT2D eigenvalue weighted by molar-refractivity contribution is -0.123. The number of furan rings is 1. The van der Waals surface area contributed by atoms with E-state index >= 15 is 0 Å². The molecule has 122 valence electrons. The monoisotopic (exact) mass is 309 g/mol. The van der Waals surface area contributed by atoms with Crippen LogP contribution in [0.15, 0.2) is 23.0 Å². The normalized spacial score (nSPS) is 17.3. The Morgan fingerprint density at radius 1 is 1.36 bits per heavy atom. The predicted octanol–water partition coefficient (Wildman–Crippen LogP) is 0.189. The lowest BCUT2D eigenvalue weighted by Crippen LogP contribution is -2.52. The first kappa shape index (κ1) is 16.5. The van der Waals surface area contributed by atoms with Gasteiger partial charge in [0.25, 0.3) is 5.91 Å². The van der Waals surface area contributed by atoms with E-state index in [1.54, 1.807) is 18.1 Å². The number of methoxy groups -OCH3 is 1. The van der Waals surface area contributed by atoms with Crippen LogP contribution in [0.1, 0.15) is 17.3 Å². The van der Waals surface area contributed by atoms with Gasteiger partial charge in [-0.2, -0.15) is 0 Å². The molecule has 7 nitrogen and oxygen atoms in total. The third-order valence-corrected chi connectivity index (χ3v) is 3.62. The molecule has 2 heterocycles. The lowest BCUT2D eigenvalue weighted by atomic mass is 10.2. The minimum atomic E-state index is -0.0217. The number of carbonyl (C=O) groups is 2. The highest BCUT2D eigenvalue weighted by Gasteiger charge is 2.24. The molecule has 0 aliphatic carbocycles.